The Kier molecular flexibility index (Phi) is 7.97. The second kappa shape index (κ2) is 10.9. The van der Waals surface area contributed by atoms with E-state index in [9.17, 15) is 14.0 Å². The number of methoxy groups -OCH3 is 1. The lowest BCUT2D eigenvalue weighted by molar-refractivity contribution is -0.132. The minimum absolute atomic E-state index is 0.0605. The van der Waals surface area contributed by atoms with Crippen molar-refractivity contribution in [3.8, 4) is 5.75 Å². The predicted molar refractivity (Wildman–Crippen MR) is 117 cm³/mol. The van der Waals surface area contributed by atoms with Crippen molar-refractivity contribution in [1.82, 2.24) is 14.7 Å². The fourth-order valence-electron chi connectivity index (χ4n) is 3.49. The molecular formula is C23H29FN4O3. The van der Waals surface area contributed by atoms with E-state index in [0.29, 0.717) is 31.9 Å². The Hall–Kier alpha value is -2.97. The summed E-state index contributed by atoms with van der Waals surface area (Å²) in [6, 6.07) is 13.4. The molecule has 0 saturated carbocycles. The van der Waals surface area contributed by atoms with Gasteiger partial charge < -0.3 is 15.0 Å². The number of carbonyl (C=O) groups excluding carboxylic acids is 2. The number of piperazine rings is 1. The highest BCUT2D eigenvalue weighted by Crippen LogP contribution is 2.14. The molecule has 2 aromatic rings. The van der Waals surface area contributed by atoms with E-state index in [0.717, 1.165) is 24.4 Å². The van der Waals surface area contributed by atoms with Gasteiger partial charge in [-0.15, -0.1) is 0 Å². The Labute approximate surface area is 182 Å². The number of halogens is 1. The van der Waals surface area contributed by atoms with Gasteiger partial charge in [0, 0.05) is 45.5 Å². The lowest BCUT2D eigenvalue weighted by Crippen LogP contribution is -2.51. The first kappa shape index (κ1) is 22.7. The summed E-state index contributed by atoms with van der Waals surface area (Å²) < 4.78 is 18.2. The van der Waals surface area contributed by atoms with Gasteiger partial charge in [0.15, 0.2) is 0 Å². The third kappa shape index (κ3) is 7.04. The molecule has 0 aliphatic carbocycles. The van der Waals surface area contributed by atoms with Crippen molar-refractivity contribution in [2.45, 2.75) is 6.54 Å². The number of benzene rings is 2. The second-order valence-electron chi connectivity index (χ2n) is 7.71. The zero-order chi connectivity index (χ0) is 22.2. The van der Waals surface area contributed by atoms with Gasteiger partial charge in [0.1, 0.15) is 11.6 Å². The molecule has 3 rings (SSSR count). The summed E-state index contributed by atoms with van der Waals surface area (Å²) in [6.07, 6.45) is 0. The molecule has 1 saturated heterocycles. The van der Waals surface area contributed by atoms with Crippen molar-refractivity contribution in [3.63, 3.8) is 0 Å². The monoisotopic (exact) mass is 428 g/mol. The van der Waals surface area contributed by atoms with Crippen LogP contribution in [0.4, 0.5) is 10.1 Å². The molecule has 2 amide bonds. The topological polar surface area (TPSA) is 65.1 Å². The molecule has 2 aromatic carbocycles. The van der Waals surface area contributed by atoms with Crippen molar-refractivity contribution in [3.05, 3.63) is 59.9 Å². The average Bonchev–Trinajstić information content (AvgIpc) is 2.76. The van der Waals surface area contributed by atoms with Crippen LogP contribution in [0.2, 0.25) is 0 Å². The SMILES string of the molecule is COc1cccc(CN(C)C(=O)CN2CCN(CC(=O)Nc3ccc(F)cc3)CC2)c1. The lowest BCUT2D eigenvalue weighted by Gasteiger charge is -2.34. The fraction of sp³-hybridized carbons (Fsp3) is 0.391. The number of nitrogens with zero attached hydrogens (tertiary/aromatic N) is 3. The molecule has 1 aliphatic heterocycles. The van der Waals surface area contributed by atoms with Crippen LogP contribution in [0.15, 0.2) is 48.5 Å². The molecule has 166 valence electrons. The van der Waals surface area contributed by atoms with Crippen LogP contribution >= 0.6 is 0 Å². The van der Waals surface area contributed by atoms with Gasteiger partial charge in [-0.05, 0) is 42.0 Å². The predicted octanol–water partition coefficient (Wildman–Crippen LogP) is 2.05. The van der Waals surface area contributed by atoms with E-state index in [-0.39, 0.29) is 24.2 Å². The molecular weight excluding hydrogens is 399 g/mol. The quantitative estimate of drug-likeness (QED) is 0.697. The Bertz CT molecular complexity index is 883. The van der Waals surface area contributed by atoms with E-state index >= 15 is 0 Å². The van der Waals surface area contributed by atoms with E-state index in [1.807, 2.05) is 24.3 Å². The molecule has 0 bridgehead atoms. The molecule has 1 heterocycles. The van der Waals surface area contributed by atoms with Crippen LogP contribution in [0, 0.1) is 5.82 Å². The molecule has 0 radical (unpaired) electrons. The standard InChI is InChI=1S/C23H29FN4O3/c1-26(15-18-4-3-5-21(14-18)31-2)23(30)17-28-12-10-27(11-13-28)16-22(29)25-20-8-6-19(24)7-9-20/h3-9,14H,10-13,15-17H2,1-2H3,(H,25,29). The van der Waals surface area contributed by atoms with Crippen molar-refractivity contribution in [1.29, 1.82) is 0 Å². The summed E-state index contributed by atoms with van der Waals surface area (Å²) >= 11 is 0. The number of hydrogen-bond acceptors (Lipinski definition) is 5. The highest BCUT2D eigenvalue weighted by atomic mass is 19.1. The fourth-order valence-corrected chi connectivity index (χ4v) is 3.49. The van der Waals surface area contributed by atoms with Crippen LogP contribution in [0.5, 0.6) is 5.75 Å². The molecule has 0 unspecified atom stereocenters. The summed E-state index contributed by atoms with van der Waals surface area (Å²) in [6.45, 7) is 4.03. The number of anilines is 1. The molecule has 1 N–H and O–H groups in total. The van der Waals surface area contributed by atoms with E-state index in [2.05, 4.69) is 15.1 Å². The minimum Gasteiger partial charge on any atom is -0.497 e. The van der Waals surface area contributed by atoms with Gasteiger partial charge in [-0.3, -0.25) is 19.4 Å². The van der Waals surface area contributed by atoms with Crippen LogP contribution in [-0.4, -0.2) is 79.9 Å². The molecule has 1 aliphatic rings. The summed E-state index contributed by atoms with van der Waals surface area (Å²) in [7, 11) is 3.43. The van der Waals surface area contributed by atoms with Crippen LogP contribution in [0.1, 0.15) is 5.56 Å². The largest absolute Gasteiger partial charge is 0.497 e. The average molecular weight is 429 g/mol. The number of likely N-dealkylation sites (N-methyl/N-ethyl adjacent to an activating group) is 1. The van der Waals surface area contributed by atoms with Gasteiger partial charge in [0.2, 0.25) is 11.8 Å². The molecule has 0 aromatic heterocycles. The molecule has 8 heteroatoms. The molecule has 0 atom stereocenters. The first-order chi connectivity index (χ1) is 14.9. The smallest absolute Gasteiger partial charge is 0.238 e. The van der Waals surface area contributed by atoms with E-state index in [1.54, 1.807) is 31.2 Å². The molecule has 0 spiro atoms. The molecule has 1 fully saturated rings. The third-order valence-corrected chi connectivity index (χ3v) is 5.30. The zero-order valence-electron chi connectivity index (χ0n) is 18.0. The number of nitrogens with one attached hydrogen (secondary N) is 1. The summed E-state index contributed by atoms with van der Waals surface area (Å²) in [5, 5.41) is 2.78. The highest BCUT2D eigenvalue weighted by Gasteiger charge is 2.22. The van der Waals surface area contributed by atoms with E-state index in [1.165, 1.54) is 12.1 Å². The summed E-state index contributed by atoms with van der Waals surface area (Å²) in [5.74, 6) is 0.371. The summed E-state index contributed by atoms with van der Waals surface area (Å²) in [5.41, 5.74) is 1.60. The first-order valence-electron chi connectivity index (χ1n) is 10.3. The number of amides is 2. The second-order valence-corrected chi connectivity index (χ2v) is 7.71. The summed E-state index contributed by atoms with van der Waals surface area (Å²) in [4.78, 5) is 30.7. The van der Waals surface area contributed by atoms with Gasteiger partial charge >= 0.3 is 0 Å². The van der Waals surface area contributed by atoms with E-state index < -0.39 is 0 Å². The Morgan fingerprint density at radius 3 is 2.32 bits per heavy atom. The highest BCUT2D eigenvalue weighted by molar-refractivity contribution is 5.92. The maximum atomic E-state index is 13.0. The Balaban J connectivity index is 1.39. The zero-order valence-corrected chi connectivity index (χ0v) is 18.0. The third-order valence-electron chi connectivity index (χ3n) is 5.30. The number of rotatable bonds is 8. The first-order valence-corrected chi connectivity index (χ1v) is 10.3. The Morgan fingerprint density at radius 2 is 1.68 bits per heavy atom. The number of hydrogen-bond donors (Lipinski definition) is 1. The van der Waals surface area contributed by atoms with Gasteiger partial charge in [-0.25, -0.2) is 4.39 Å². The van der Waals surface area contributed by atoms with Crippen LogP contribution < -0.4 is 10.1 Å². The number of ether oxygens (including phenoxy) is 1. The van der Waals surface area contributed by atoms with Gasteiger partial charge in [0.25, 0.3) is 0 Å². The lowest BCUT2D eigenvalue weighted by atomic mass is 10.2. The van der Waals surface area contributed by atoms with Gasteiger partial charge in [-0.1, -0.05) is 12.1 Å². The number of carbonyl (C=O) groups is 2. The molecule has 7 nitrogen and oxygen atoms in total. The van der Waals surface area contributed by atoms with Crippen LogP contribution in [-0.2, 0) is 16.1 Å². The minimum atomic E-state index is -0.335. The maximum absolute atomic E-state index is 13.0. The van der Waals surface area contributed by atoms with Gasteiger partial charge in [-0.2, -0.15) is 0 Å². The maximum Gasteiger partial charge on any atom is 0.238 e. The Morgan fingerprint density at radius 1 is 1.03 bits per heavy atom. The van der Waals surface area contributed by atoms with Gasteiger partial charge in [0.05, 0.1) is 20.2 Å². The van der Waals surface area contributed by atoms with Crippen molar-refractivity contribution in [2.75, 3.05) is 58.7 Å². The molecule has 31 heavy (non-hydrogen) atoms. The normalized spacial score (nSPS) is 14.8. The van der Waals surface area contributed by atoms with Crippen molar-refractivity contribution < 1.29 is 18.7 Å². The van der Waals surface area contributed by atoms with Crippen molar-refractivity contribution >= 4 is 17.5 Å². The van der Waals surface area contributed by atoms with Crippen molar-refractivity contribution in [2.24, 2.45) is 0 Å². The van der Waals surface area contributed by atoms with Crippen LogP contribution in [0.25, 0.3) is 0 Å². The van der Waals surface area contributed by atoms with E-state index in [4.69, 9.17) is 4.74 Å². The van der Waals surface area contributed by atoms with Crippen LogP contribution in [0.3, 0.4) is 0 Å².